The van der Waals surface area contributed by atoms with Crippen LogP contribution in [0.1, 0.15) is 27.2 Å². The number of carbonyl (C=O) groups excluding carboxylic acids is 2. The molecule has 2 aromatic carbocycles. The van der Waals surface area contributed by atoms with Gasteiger partial charge in [0.25, 0.3) is 5.91 Å². The summed E-state index contributed by atoms with van der Waals surface area (Å²) in [6.07, 6.45) is 0. The number of nitrogens with zero attached hydrogens (tertiary/aromatic N) is 1. The SMILES string of the molecule is Cc1ccc(NC(=O)CNC(=O)c2cc(-c3ccc(C)c(C)c3)on2)cc1. The van der Waals surface area contributed by atoms with Crippen molar-refractivity contribution in [3.05, 3.63) is 70.9 Å². The molecule has 0 bridgehead atoms. The molecule has 0 radical (unpaired) electrons. The molecule has 0 saturated heterocycles. The molecule has 0 spiro atoms. The summed E-state index contributed by atoms with van der Waals surface area (Å²) in [5.41, 5.74) is 5.07. The summed E-state index contributed by atoms with van der Waals surface area (Å²) in [6.45, 7) is 5.85. The zero-order valence-electron chi connectivity index (χ0n) is 15.5. The van der Waals surface area contributed by atoms with E-state index in [1.165, 1.54) is 5.56 Å². The monoisotopic (exact) mass is 363 g/mol. The molecule has 0 saturated carbocycles. The molecule has 27 heavy (non-hydrogen) atoms. The number of hydrogen-bond donors (Lipinski definition) is 2. The van der Waals surface area contributed by atoms with Gasteiger partial charge >= 0.3 is 0 Å². The van der Waals surface area contributed by atoms with Gasteiger partial charge in [0, 0.05) is 17.3 Å². The summed E-state index contributed by atoms with van der Waals surface area (Å²) < 4.78 is 5.27. The van der Waals surface area contributed by atoms with Crippen LogP contribution in [0, 0.1) is 20.8 Å². The molecule has 1 aromatic heterocycles. The lowest BCUT2D eigenvalue weighted by molar-refractivity contribution is -0.115. The van der Waals surface area contributed by atoms with Crippen molar-refractivity contribution in [2.45, 2.75) is 20.8 Å². The fraction of sp³-hybridized carbons (Fsp3) is 0.190. The van der Waals surface area contributed by atoms with E-state index in [0.717, 1.165) is 16.7 Å². The first-order valence-corrected chi connectivity index (χ1v) is 8.61. The number of carbonyl (C=O) groups is 2. The molecule has 1 heterocycles. The zero-order valence-corrected chi connectivity index (χ0v) is 15.5. The highest BCUT2D eigenvalue weighted by atomic mass is 16.5. The van der Waals surface area contributed by atoms with E-state index in [4.69, 9.17) is 4.52 Å². The van der Waals surface area contributed by atoms with Crippen molar-refractivity contribution in [2.75, 3.05) is 11.9 Å². The van der Waals surface area contributed by atoms with Crippen molar-refractivity contribution >= 4 is 17.5 Å². The van der Waals surface area contributed by atoms with Crippen LogP contribution in [0.2, 0.25) is 0 Å². The number of aryl methyl sites for hydroxylation is 3. The summed E-state index contributed by atoms with van der Waals surface area (Å²) in [5, 5.41) is 9.06. The highest BCUT2D eigenvalue weighted by Crippen LogP contribution is 2.23. The third-order valence-electron chi connectivity index (χ3n) is 4.28. The molecule has 0 aliphatic rings. The number of rotatable bonds is 5. The zero-order chi connectivity index (χ0) is 19.4. The molecule has 3 rings (SSSR count). The Morgan fingerprint density at radius 3 is 2.41 bits per heavy atom. The summed E-state index contributed by atoms with van der Waals surface area (Å²) in [7, 11) is 0. The fourth-order valence-corrected chi connectivity index (χ4v) is 2.51. The lowest BCUT2D eigenvalue weighted by atomic mass is 10.0. The smallest absolute Gasteiger partial charge is 0.273 e. The maximum absolute atomic E-state index is 12.2. The summed E-state index contributed by atoms with van der Waals surface area (Å²) in [5.74, 6) is -0.273. The summed E-state index contributed by atoms with van der Waals surface area (Å²) in [6, 6.07) is 14.9. The highest BCUT2D eigenvalue weighted by Gasteiger charge is 2.15. The second-order valence-corrected chi connectivity index (χ2v) is 6.47. The number of hydrogen-bond acceptors (Lipinski definition) is 4. The molecule has 6 nitrogen and oxygen atoms in total. The van der Waals surface area contributed by atoms with Crippen LogP contribution in [0.25, 0.3) is 11.3 Å². The Morgan fingerprint density at radius 2 is 1.70 bits per heavy atom. The Balaban J connectivity index is 1.58. The fourth-order valence-electron chi connectivity index (χ4n) is 2.51. The van der Waals surface area contributed by atoms with Crippen molar-refractivity contribution in [3.8, 4) is 11.3 Å². The van der Waals surface area contributed by atoms with E-state index in [1.807, 2.05) is 63.2 Å². The molecule has 0 unspecified atom stereocenters. The Labute approximate surface area is 157 Å². The lowest BCUT2D eigenvalue weighted by Crippen LogP contribution is -2.33. The summed E-state index contributed by atoms with van der Waals surface area (Å²) in [4.78, 5) is 24.2. The van der Waals surface area contributed by atoms with Crippen LogP contribution < -0.4 is 10.6 Å². The normalized spacial score (nSPS) is 10.5. The van der Waals surface area contributed by atoms with Crippen LogP contribution in [0.15, 0.2) is 53.1 Å². The number of amides is 2. The summed E-state index contributed by atoms with van der Waals surface area (Å²) >= 11 is 0. The minimum atomic E-state index is -0.465. The van der Waals surface area contributed by atoms with Gasteiger partial charge in [-0.15, -0.1) is 0 Å². The average Bonchev–Trinajstić information content (AvgIpc) is 3.14. The maximum Gasteiger partial charge on any atom is 0.273 e. The first-order valence-electron chi connectivity index (χ1n) is 8.61. The largest absolute Gasteiger partial charge is 0.355 e. The Hall–Kier alpha value is -3.41. The van der Waals surface area contributed by atoms with Crippen LogP contribution >= 0.6 is 0 Å². The lowest BCUT2D eigenvalue weighted by Gasteiger charge is -2.06. The van der Waals surface area contributed by atoms with Gasteiger partial charge in [-0.2, -0.15) is 0 Å². The van der Waals surface area contributed by atoms with Crippen LogP contribution in [-0.2, 0) is 4.79 Å². The van der Waals surface area contributed by atoms with E-state index in [9.17, 15) is 9.59 Å². The molecule has 0 aliphatic heterocycles. The second-order valence-electron chi connectivity index (χ2n) is 6.47. The molecule has 0 aliphatic carbocycles. The van der Waals surface area contributed by atoms with E-state index in [2.05, 4.69) is 15.8 Å². The predicted molar refractivity (Wildman–Crippen MR) is 104 cm³/mol. The molecule has 0 atom stereocenters. The first kappa shape index (κ1) is 18.4. The van der Waals surface area contributed by atoms with Crippen molar-refractivity contribution in [2.24, 2.45) is 0 Å². The van der Waals surface area contributed by atoms with E-state index < -0.39 is 5.91 Å². The van der Waals surface area contributed by atoms with Gasteiger partial charge in [-0.3, -0.25) is 9.59 Å². The van der Waals surface area contributed by atoms with Crippen LogP contribution in [0.4, 0.5) is 5.69 Å². The molecule has 2 amide bonds. The third kappa shape index (κ3) is 4.61. The van der Waals surface area contributed by atoms with Crippen molar-refractivity contribution in [1.82, 2.24) is 10.5 Å². The molecule has 6 heteroatoms. The van der Waals surface area contributed by atoms with E-state index in [-0.39, 0.29) is 18.1 Å². The molecule has 0 fully saturated rings. The van der Waals surface area contributed by atoms with Gasteiger partial charge in [0.2, 0.25) is 5.91 Å². The van der Waals surface area contributed by atoms with E-state index in [1.54, 1.807) is 6.07 Å². The average molecular weight is 363 g/mol. The second kappa shape index (κ2) is 7.86. The Kier molecular flexibility index (Phi) is 5.35. The number of benzene rings is 2. The first-order chi connectivity index (χ1) is 12.9. The number of aromatic nitrogens is 1. The van der Waals surface area contributed by atoms with Gasteiger partial charge in [0.1, 0.15) is 0 Å². The quantitative estimate of drug-likeness (QED) is 0.725. The van der Waals surface area contributed by atoms with Crippen molar-refractivity contribution in [3.63, 3.8) is 0 Å². The molecular weight excluding hydrogens is 342 g/mol. The molecule has 2 N–H and O–H groups in total. The van der Waals surface area contributed by atoms with Gasteiger partial charge < -0.3 is 15.2 Å². The van der Waals surface area contributed by atoms with Gasteiger partial charge in [-0.05, 0) is 50.1 Å². The van der Waals surface area contributed by atoms with Gasteiger partial charge in [-0.1, -0.05) is 35.0 Å². The molecule has 138 valence electrons. The maximum atomic E-state index is 12.2. The number of anilines is 1. The minimum Gasteiger partial charge on any atom is -0.355 e. The van der Waals surface area contributed by atoms with Crippen LogP contribution in [-0.4, -0.2) is 23.5 Å². The van der Waals surface area contributed by atoms with Crippen molar-refractivity contribution in [1.29, 1.82) is 0 Å². The third-order valence-corrected chi connectivity index (χ3v) is 4.28. The van der Waals surface area contributed by atoms with Crippen LogP contribution in [0.5, 0.6) is 0 Å². The highest BCUT2D eigenvalue weighted by molar-refractivity contribution is 5.98. The standard InChI is InChI=1S/C21H21N3O3/c1-13-4-8-17(9-5-13)23-20(25)12-22-21(26)18-11-19(27-24-18)16-7-6-14(2)15(3)10-16/h4-11H,12H2,1-3H3,(H,22,26)(H,23,25). The van der Waals surface area contributed by atoms with Gasteiger partial charge in [0.15, 0.2) is 11.5 Å². The van der Waals surface area contributed by atoms with Crippen molar-refractivity contribution < 1.29 is 14.1 Å². The Bertz CT molecular complexity index is 975. The number of nitrogens with one attached hydrogen (secondary N) is 2. The van der Waals surface area contributed by atoms with E-state index in [0.29, 0.717) is 11.4 Å². The van der Waals surface area contributed by atoms with Gasteiger partial charge in [0.05, 0.1) is 6.54 Å². The predicted octanol–water partition coefficient (Wildman–Crippen LogP) is 3.64. The van der Waals surface area contributed by atoms with Crippen LogP contribution in [0.3, 0.4) is 0 Å². The van der Waals surface area contributed by atoms with E-state index >= 15 is 0 Å². The topological polar surface area (TPSA) is 84.2 Å². The Morgan fingerprint density at radius 1 is 0.963 bits per heavy atom. The molecular formula is C21H21N3O3. The van der Waals surface area contributed by atoms with Gasteiger partial charge in [-0.25, -0.2) is 0 Å². The minimum absolute atomic E-state index is 0.131. The molecule has 3 aromatic rings.